The molecule has 1 aromatic rings. The lowest BCUT2D eigenvalue weighted by atomic mass is 10.1. The molecule has 0 aromatic carbocycles. The molecule has 0 amide bonds. The van der Waals surface area contributed by atoms with Crippen molar-refractivity contribution in [3.8, 4) is 0 Å². The first-order chi connectivity index (χ1) is 7.11. The Bertz CT molecular complexity index is 360. The number of rotatable bonds is 1. The summed E-state index contributed by atoms with van der Waals surface area (Å²) in [6.07, 6.45) is 4.33. The van der Waals surface area contributed by atoms with Crippen LogP contribution in [0.5, 0.6) is 0 Å². The minimum atomic E-state index is 0. The average molecular weight is 243 g/mol. The van der Waals surface area contributed by atoms with Crippen molar-refractivity contribution in [3.63, 3.8) is 0 Å². The minimum Gasteiger partial charge on any atom is -0.358 e. The molecule has 5 heteroatoms. The fourth-order valence-electron chi connectivity index (χ4n) is 2.11. The quantitative estimate of drug-likeness (QED) is 0.818. The third-order valence-corrected chi connectivity index (χ3v) is 3.23. The van der Waals surface area contributed by atoms with Gasteiger partial charge in [-0.15, -0.1) is 12.4 Å². The van der Waals surface area contributed by atoms with E-state index < -0.39 is 0 Å². The van der Waals surface area contributed by atoms with Gasteiger partial charge in [-0.25, -0.2) is 0 Å². The Morgan fingerprint density at radius 2 is 2.06 bits per heavy atom. The molecule has 2 heterocycles. The van der Waals surface area contributed by atoms with Crippen LogP contribution in [0.4, 0.5) is 0 Å². The van der Waals surface area contributed by atoms with Crippen molar-refractivity contribution in [3.05, 3.63) is 29.7 Å². The average Bonchev–Trinajstić information content (AvgIpc) is 2.69. The van der Waals surface area contributed by atoms with Crippen LogP contribution in [0, 0.1) is 0 Å². The Kier molecular flexibility index (Phi) is 3.99. The van der Waals surface area contributed by atoms with Crippen molar-refractivity contribution >= 4 is 12.4 Å². The highest BCUT2D eigenvalue weighted by atomic mass is 35.5. The van der Waals surface area contributed by atoms with Gasteiger partial charge in [0.25, 0.3) is 0 Å². The number of aromatic nitrogens is 2. The summed E-state index contributed by atoms with van der Waals surface area (Å²) in [6, 6.07) is 2.48. The maximum absolute atomic E-state index is 4.02. The van der Waals surface area contributed by atoms with Gasteiger partial charge in [0.1, 0.15) is 6.17 Å². The molecule has 90 valence electrons. The molecule has 2 rings (SSSR count). The molecule has 0 radical (unpaired) electrons. The molecule has 0 aliphatic carbocycles. The molecule has 16 heavy (non-hydrogen) atoms. The predicted molar refractivity (Wildman–Crippen MR) is 67.3 cm³/mol. The molecule has 0 bridgehead atoms. The third-order valence-electron chi connectivity index (χ3n) is 3.23. The fourth-order valence-corrected chi connectivity index (χ4v) is 2.11. The lowest BCUT2D eigenvalue weighted by Crippen LogP contribution is -2.44. The van der Waals surface area contributed by atoms with E-state index in [4.69, 9.17) is 0 Å². The van der Waals surface area contributed by atoms with Gasteiger partial charge in [0.2, 0.25) is 0 Å². The Labute approximate surface area is 103 Å². The second kappa shape index (κ2) is 4.89. The zero-order valence-corrected chi connectivity index (χ0v) is 11.0. The molecular formula is C11H19ClN4. The second-order valence-corrected chi connectivity index (χ2v) is 4.21. The Hall–Kier alpha value is -1.00. The topological polar surface area (TPSA) is 35.2 Å². The van der Waals surface area contributed by atoms with Gasteiger partial charge in [-0.1, -0.05) is 0 Å². The van der Waals surface area contributed by atoms with Crippen LogP contribution in [0.1, 0.15) is 25.7 Å². The molecule has 0 fully saturated rings. The van der Waals surface area contributed by atoms with E-state index in [9.17, 15) is 0 Å². The van der Waals surface area contributed by atoms with Gasteiger partial charge >= 0.3 is 0 Å². The lowest BCUT2D eigenvalue weighted by Gasteiger charge is -2.43. The van der Waals surface area contributed by atoms with Crippen molar-refractivity contribution in [2.75, 3.05) is 14.1 Å². The zero-order chi connectivity index (χ0) is 11.0. The molecule has 1 N–H and O–H groups in total. The minimum absolute atomic E-state index is 0. The van der Waals surface area contributed by atoms with Crippen LogP contribution < -0.4 is 0 Å². The largest absolute Gasteiger partial charge is 0.358 e. The van der Waals surface area contributed by atoms with Gasteiger partial charge in [-0.3, -0.25) is 10.00 Å². The Balaban J connectivity index is 0.00000128. The summed E-state index contributed by atoms with van der Waals surface area (Å²) in [5.74, 6) is 0. The van der Waals surface area contributed by atoms with Crippen molar-refractivity contribution in [2.24, 2.45) is 0 Å². The van der Waals surface area contributed by atoms with Gasteiger partial charge in [0.15, 0.2) is 0 Å². The number of hydrogen-bond donors (Lipinski definition) is 1. The number of likely N-dealkylation sites (N-methyl/N-ethyl adjacent to an activating group) is 1. The molecular weight excluding hydrogens is 224 g/mol. The number of nitrogens with zero attached hydrogens (tertiary/aromatic N) is 3. The standard InChI is InChI=1S/C11H18N4.ClH/c1-8-7-9(2)15(4)11(14(8)3)10-5-6-12-13-10;/h5-8,11H,1-4H3,(H,12,13);1H. The number of nitrogens with one attached hydrogen (secondary N) is 1. The maximum Gasteiger partial charge on any atom is 0.125 e. The zero-order valence-electron chi connectivity index (χ0n) is 10.1. The molecule has 1 aliphatic rings. The van der Waals surface area contributed by atoms with Gasteiger partial charge < -0.3 is 4.90 Å². The van der Waals surface area contributed by atoms with E-state index in [1.165, 1.54) is 5.70 Å². The molecule has 0 spiro atoms. The van der Waals surface area contributed by atoms with Gasteiger partial charge in [0.05, 0.1) is 5.69 Å². The monoisotopic (exact) mass is 242 g/mol. The number of hydrogen-bond acceptors (Lipinski definition) is 3. The first-order valence-corrected chi connectivity index (χ1v) is 5.23. The van der Waals surface area contributed by atoms with E-state index >= 15 is 0 Å². The maximum atomic E-state index is 4.02. The molecule has 0 saturated carbocycles. The summed E-state index contributed by atoms with van der Waals surface area (Å²) in [5.41, 5.74) is 2.44. The van der Waals surface area contributed by atoms with Crippen molar-refractivity contribution in [2.45, 2.75) is 26.1 Å². The first-order valence-electron chi connectivity index (χ1n) is 5.23. The van der Waals surface area contributed by atoms with Crippen LogP contribution in [-0.2, 0) is 0 Å². The van der Waals surface area contributed by atoms with E-state index in [-0.39, 0.29) is 18.6 Å². The smallest absolute Gasteiger partial charge is 0.125 e. The van der Waals surface area contributed by atoms with Gasteiger partial charge in [-0.05, 0) is 33.0 Å². The fraction of sp³-hybridized carbons (Fsp3) is 0.545. The summed E-state index contributed by atoms with van der Waals surface area (Å²) in [6.45, 7) is 4.35. The van der Waals surface area contributed by atoms with Crippen molar-refractivity contribution in [1.82, 2.24) is 20.0 Å². The Morgan fingerprint density at radius 1 is 1.38 bits per heavy atom. The normalized spacial score (nSPS) is 26.2. The Morgan fingerprint density at radius 3 is 2.62 bits per heavy atom. The summed E-state index contributed by atoms with van der Waals surface area (Å²) < 4.78 is 0. The summed E-state index contributed by atoms with van der Waals surface area (Å²) in [4.78, 5) is 4.58. The van der Waals surface area contributed by atoms with Crippen LogP contribution in [0.3, 0.4) is 0 Å². The van der Waals surface area contributed by atoms with E-state index in [0.717, 1.165) is 5.69 Å². The molecule has 2 unspecified atom stereocenters. The van der Waals surface area contributed by atoms with E-state index in [0.29, 0.717) is 6.04 Å². The molecule has 2 atom stereocenters. The van der Waals surface area contributed by atoms with Crippen molar-refractivity contribution < 1.29 is 0 Å². The SMILES string of the molecule is CC1=CC(C)N(C)C(c2ccn[nH]2)N1C.Cl. The van der Waals surface area contributed by atoms with Crippen LogP contribution in [0.15, 0.2) is 24.0 Å². The lowest BCUT2D eigenvalue weighted by molar-refractivity contribution is 0.0696. The van der Waals surface area contributed by atoms with Crippen LogP contribution in [0.25, 0.3) is 0 Å². The highest BCUT2D eigenvalue weighted by molar-refractivity contribution is 5.85. The van der Waals surface area contributed by atoms with Crippen LogP contribution in [-0.4, -0.2) is 40.1 Å². The van der Waals surface area contributed by atoms with Crippen LogP contribution in [0.2, 0.25) is 0 Å². The van der Waals surface area contributed by atoms with Crippen molar-refractivity contribution in [1.29, 1.82) is 0 Å². The molecule has 4 nitrogen and oxygen atoms in total. The molecule has 1 aromatic heterocycles. The predicted octanol–water partition coefficient (Wildman–Crippen LogP) is 2.00. The first kappa shape index (κ1) is 13.1. The third kappa shape index (κ3) is 2.08. The second-order valence-electron chi connectivity index (χ2n) is 4.21. The number of allylic oxidation sites excluding steroid dienone is 1. The van der Waals surface area contributed by atoms with Crippen LogP contribution >= 0.6 is 12.4 Å². The summed E-state index contributed by atoms with van der Waals surface area (Å²) >= 11 is 0. The molecule has 0 saturated heterocycles. The van der Waals surface area contributed by atoms with E-state index in [2.05, 4.69) is 54.0 Å². The summed E-state index contributed by atoms with van der Waals surface area (Å²) in [7, 11) is 4.25. The van der Waals surface area contributed by atoms with Gasteiger partial charge in [-0.2, -0.15) is 5.10 Å². The number of halogens is 1. The highest BCUT2D eigenvalue weighted by Gasteiger charge is 2.29. The highest BCUT2D eigenvalue weighted by Crippen LogP contribution is 2.30. The summed E-state index contributed by atoms with van der Waals surface area (Å²) in [5, 5.41) is 7.07. The van der Waals surface area contributed by atoms with Gasteiger partial charge in [0, 0.05) is 25.0 Å². The number of aromatic amines is 1. The molecule has 1 aliphatic heterocycles. The number of H-pyrrole nitrogens is 1. The van der Waals surface area contributed by atoms with E-state index in [1.807, 2.05) is 6.07 Å². The van der Waals surface area contributed by atoms with E-state index in [1.54, 1.807) is 6.20 Å².